The molecule has 1 aromatic rings. The first kappa shape index (κ1) is 14.4. The number of ketones is 1. The summed E-state index contributed by atoms with van der Waals surface area (Å²) in [6.45, 7) is 7.29. The molecule has 0 aromatic heterocycles. The Hall–Kier alpha value is -0.670. The van der Waals surface area contributed by atoms with E-state index in [-0.39, 0.29) is 11.2 Å². The number of nitrogens with zero attached hydrogens (tertiary/aromatic N) is 1. The zero-order valence-electron chi connectivity index (χ0n) is 11.0. The summed E-state index contributed by atoms with van der Waals surface area (Å²) in [6, 6.07) is 8.28. The third-order valence-corrected chi connectivity index (χ3v) is 3.51. The van der Waals surface area contributed by atoms with Crippen molar-refractivity contribution in [3.05, 3.63) is 34.3 Å². The van der Waals surface area contributed by atoms with Crippen molar-refractivity contribution in [3.8, 4) is 0 Å². The third-order valence-electron chi connectivity index (χ3n) is 2.98. The first-order valence-corrected chi connectivity index (χ1v) is 6.54. The Bertz CT molecular complexity index is 384. The predicted molar refractivity (Wildman–Crippen MR) is 74.9 cm³/mol. The summed E-state index contributed by atoms with van der Waals surface area (Å²) in [7, 11) is 2.05. The molecule has 94 valence electrons. The number of carbonyl (C=O) groups is 1. The molecule has 1 rings (SSSR count). The molecule has 0 spiro atoms. The quantitative estimate of drug-likeness (QED) is 0.829. The normalized spacial score (nSPS) is 11.9. The van der Waals surface area contributed by atoms with E-state index in [1.165, 1.54) is 5.56 Å². The van der Waals surface area contributed by atoms with E-state index in [0.29, 0.717) is 0 Å². The smallest absolute Gasteiger partial charge is 0.136 e. The van der Waals surface area contributed by atoms with Crippen molar-refractivity contribution < 1.29 is 4.79 Å². The van der Waals surface area contributed by atoms with Gasteiger partial charge in [-0.2, -0.15) is 0 Å². The second kappa shape index (κ2) is 5.78. The predicted octanol–water partition coefficient (Wildman–Crippen LogP) is 3.50. The zero-order valence-corrected chi connectivity index (χ0v) is 12.5. The van der Waals surface area contributed by atoms with Crippen LogP contribution in [0.2, 0.25) is 0 Å². The molecule has 0 saturated carbocycles. The monoisotopic (exact) mass is 297 g/mol. The largest absolute Gasteiger partial charge is 0.301 e. The lowest BCUT2D eigenvalue weighted by Gasteiger charge is -2.28. The molecule has 0 aliphatic heterocycles. The highest BCUT2D eigenvalue weighted by atomic mass is 79.9. The Balaban J connectivity index is 2.58. The molecule has 0 radical (unpaired) electrons. The second-order valence-electron chi connectivity index (χ2n) is 5.24. The first-order valence-electron chi connectivity index (χ1n) is 5.75. The van der Waals surface area contributed by atoms with Crippen molar-refractivity contribution >= 4 is 21.7 Å². The Kier molecular flexibility index (Phi) is 4.90. The van der Waals surface area contributed by atoms with Gasteiger partial charge in [0.1, 0.15) is 5.78 Å². The van der Waals surface area contributed by atoms with E-state index in [0.717, 1.165) is 17.6 Å². The minimum absolute atomic E-state index is 0.236. The fraction of sp³-hybridized carbons (Fsp3) is 0.500. The molecule has 0 fully saturated rings. The lowest BCUT2D eigenvalue weighted by molar-refractivity contribution is -0.125. The summed E-state index contributed by atoms with van der Waals surface area (Å²) in [5.41, 5.74) is 0.986. The van der Waals surface area contributed by atoms with Crippen molar-refractivity contribution in [1.29, 1.82) is 0 Å². The van der Waals surface area contributed by atoms with E-state index >= 15 is 0 Å². The van der Waals surface area contributed by atoms with Crippen LogP contribution in [0.1, 0.15) is 26.3 Å². The third kappa shape index (κ3) is 4.60. The van der Waals surface area contributed by atoms with Crippen LogP contribution < -0.4 is 0 Å². The van der Waals surface area contributed by atoms with Crippen molar-refractivity contribution in [2.75, 3.05) is 13.6 Å². The van der Waals surface area contributed by atoms with Crippen LogP contribution in [0.4, 0.5) is 0 Å². The molecule has 0 N–H and O–H groups in total. The maximum absolute atomic E-state index is 11.5. The molecule has 0 heterocycles. The number of carbonyl (C=O) groups excluding carboxylic acids is 1. The zero-order chi connectivity index (χ0) is 13.1. The highest BCUT2D eigenvalue weighted by Gasteiger charge is 2.25. The van der Waals surface area contributed by atoms with Crippen molar-refractivity contribution in [3.63, 3.8) is 0 Å². The Morgan fingerprint density at radius 1 is 1.29 bits per heavy atom. The molecule has 0 bridgehead atoms. The van der Waals surface area contributed by atoms with Gasteiger partial charge in [0.15, 0.2) is 0 Å². The van der Waals surface area contributed by atoms with Gasteiger partial charge in [0.2, 0.25) is 0 Å². The number of hydrogen-bond acceptors (Lipinski definition) is 2. The van der Waals surface area contributed by atoms with Crippen molar-refractivity contribution in [1.82, 2.24) is 4.90 Å². The van der Waals surface area contributed by atoms with Gasteiger partial charge < -0.3 is 4.90 Å². The lowest BCUT2D eigenvalue weighted by Crippen LogP contribution is -2.35. The van der Waals surface area contributed by atoms with E-state index < -0.39 is 0 Å². The Morgan fingerprint density at radius 3 is 2.29 bits per heavy atom. The highest BCUT2D eigenvalue weighted by molar-refractivity contribution is 9.10. The molecule has 0 aliphatic rings. The van der Waals surface area contributed by atoms with Gasteiger partial charge in [-0.3, -0.25) is 4.79 Å². The average Bonchev–Trinajstić information content (AvgIpc) is 2.20. The summed E-state index contributed by atoms with van der Waals surface area (Å²) in [4.78, 5) is 13.7. The van der Waals surface area contributed by atoms with Crippen LogP contribution in [0.25, 0.3) is 0 Å². The van der Waals surface area contributed by atoms with Gasteiger partial charge in [-0.25, -0.2) is 0 Å². The highest BCUT2D eigenvalue weighted by Crippen LogP contribution is 2.19. The lowest BCUT2D eigenvalue weighted by atomic mass is 9.88. The SMILES string of the molecule is CC(=O)C(C)(C)CN(C)Cc1ccc(Br)cc1. The van der Waals surface area contributed by atoms with Crippen LogP contribution in [-0.2, 0) is 11.3 Å². The van der Waals surface area contributed by atoms with E-state index in [1.807, 2.05) is 33.0 Å². The maximum atomic E-state index is 11.5. The van der Waals surface area contributed by atoms with Gasteiger partial charge in [0.05, 0.1) is 0 Å². The summed E-state index contributed by atoms with van der Waals surface area (Å²) in [6.07, 6.45) is 0. The van der Waals surface area contributed by atoms with Gasteiger partial charge in [-0.05, 0) is 31.7 Å². The van der Waals surface area contributed by atoms with Crippen LogP contribution in [-0.4, -0.2) is 24.3 Å². The fourth-order valence-electron chi connectivity index (χ4n) is 1.74. The molecule has 0 atom stereocenters. The molecule has 0 saturated heterocycles. The molecule has 0 aliphatic carbocycles. The molecule has 3 heteroatoms. The number of rotatable bonds is 5. The van der Waals surface area contributed by atoms with Gasteiger partial charge >= 0.3 is 0 Å². The maximum Gasteiger partial charge on any atom is 0.136 e. The number of halogens is 1. The van der Waals surface area contributed by atoms with Gasteiger partial charge in [0, 0.05) is 23.0 Å². The topological polar surface area (TPSA) is 20.3 Å². The summed E-state index contributed by atoms with van der Waals surface area (Å²) in [5.74, 6) is 0.236. The standard InChI is InChI=1S/C14H20BrNO/c1-11(17)14(2,3)10-16(4)9-12-5-7-13(15)8-6-12/h5-8H,9-10H2,1-4H3. The molecule has 2 nitrogen and oxygen atoms in total. The van der Waals surface area contributed by atoms with Crippen molar-refractivity contribution in [2.24, 2.45) is 5.41 Å². The second-order valence-corrected chi connectivity index (χ2v) is 6.15. The minimum atomic E-state index is -0.274. The van der Waals surface area contributed by atoms with Crippen LogP contribution >= 0.6 is 15.9 Å². The summed E-state index contributed by atoms with van der Waals surface area (Å²) >= 11 is 3.42. The first-order chi connectivity index (χ1) is 7.81. The molecule has 17 heavy (non-hydrogen) atoms. The molecule has 0 amide bonds. The number of benzene rings is 1. The Morgan fingerprint density at radius 2 is 1.82 bits per heavy atom. The van der Waals surface area contributed by atoms with Crippen LogP contribution in [0.15, 0.2) is 28.7 Å². The van der Waals surface area contributed by atoms with Crippen molar-refractivity contribution in [2.45, 2.75) is 27.3 Å². The van der Waals surface area contributed by atoms with Crippen LogP contribution in [0.5, 0.6) is 0 Å². The summed E-state index contributed by atoms with van der Waals surface area (Å²) < 4.78 is 1.09. The van der Waals surface area contributed by atoms with Gasteiger partial charge in [-0.1, -0.05) is 41.9 Å². The number of hydrogen-bond donors (Lipinski definition) is 0. The van der Waals surface area contributed by atoms with Crippen LogP contribution in [0.3, 0.4) is 0 Å². The summed E-state index contributed by atoms with van der Waals surface area (Å²) in [5, 5.41) is 0. The molecule has 1 aromatic carbocycles. The van der Waals surface area contributed by atoms with E-state index in [9.17, 15) is 4.79 Å². The Labute approximate surface area is 112 Å². The average molecular weight is 298 g/mol. The van der Waals surface area contributed by atoms with Crippen LogP contribution in [0, 0.1) is 5.41 Å². The van der Waals surface area contributed by atoms with Gasteiger partial charge in [-0.15, -0.1) is 0 Å². The fourth-order valence-corrected chi connectivity index (χ4v) is 2.01. The van der Waals surface area contributed by atoms with E-state index in [4.69, 9.17) is 0 Å². The molecule has 0 unspecified atom stereocenters. The minimum Gasteiger partial charge on any atom is -0.301 e. The molecular formula is C14H20BrNO. The molecular weight excluding hydrogens is 278 g/mol. The number of Topliss-reactive ketones (excluding diaryl/α,β-unsaturated/α-hetero) is 1. The van der Waals surface area contributed by atoms with E-state index in [2.05, 4.69) is 33.0 Å². The van der Waals surface area contributed by atoms with Gasteiger partial charge in [0.25, 0.3) is 0 Å². The van der Waals surface area contributed by atoms with E-state index in [1.54, 1.807) is 6.92 Å².